The fraction of sp³-hybridized carbons (Fsp3) is 0. The van der Waals surface area contributed by atoms with Gasteiger partial charge in [-0.15, -0.1) is 0 Å². The number of carbonyl (C=O) groups excluding carboxylic acids is 1. The first-order chi connectivity index (χ1) is 11.0. The maximum atomic E-state index is 12.4. The van der Waals surface area contributed by atoms with Crippen LogP contribution in [-0.4, -0.2) is 22.0 Å². The number of amides is 1. The number of rotatable bonds is 3. The molecule has 0 bridgehead atoms. The molecule has 23 heavy (non-hydrogen) atoms. The van der Waals surface area contributed by atoms with E-state index in [9.17, 15) is 9.59 Å². The van der Waals surface area contributed by atoms with Gasteiger partial charge in [-0.25, -0.2) is 4.79 Å². The number of hydrogen-bond donors (Lipinski definition) is 3. The first kappa shape index (κ1) is 14.5. The SMILES string of the molecule is Nc1ccc2ccnc(C(=O)Nc3ccc(C(=O)O)cc3)c2c1. The van der Waals surface area contributed by atoms with Crippen molar-refractivity contribution >= 4 is 34.0 Å². The second-order valence-electron chi connectivity index (χ2n) is 4.98. The van der Waals surface area contributed by atoms with Gasteiger partial charge in [0.05, 0.1) is 5.56 Å². The summed E-state index contributed by atoms with van der Waals surface area (Å²) < 4.78 is 0. The van der Waals surface area contributed by atoms with Crippen LogP contribution in [0.2, 0.25) is 0 Å². The maximum Gasteiger partial charge on any atom is 0.335 e. The molecule has 0 aliphatic heterocycles. The van der Waals surface area contributed by atoms with Crippen LogP contribution in [0, 0.1) is 0 Å². The number of aromatic nitrogens is 1. The zero-order valence-electron chi connectivity index (χ0n) is 12.0. The minimum absolute atomic E-state index is 0.152. The highest BCUT2D eigenvalue weighted by Crippen LogP contribution is 2.21. The third-order valence-electron chi connectivity index (χ3n) is 3.39. The Balaban J connectivity index is 1.91. The number of hydrogen-bond acceptors (Lipinski definition) is 4. The number of nitrogen functional groups attached to an aromatic ring is 1. The Morgan fingerprint density at radius 3 is 2.48 bits per heavy atom. The molecule has 1 aromatic heterocycles. The number of nitrogens with zero attached hydrogens (tertiary/aromatic N) is 1. The van der Waals surface area contributed by atoms with E-state index in [1.54, 1.807) is 24.4 Å². The molecule has 6 heteroatoms. The number of benzene rings is 2. The fourth-order valence-corrected chi connectivity index (χ4v) is 2.25. The Morgan fingerprint density at radius 1 is 1.04 bits per heavy atom. The highest BCUT2D eigenvalue weighted by atomic mass is 16.4. The molecule has 0 atom stereocenters. The topological polar surface area (TPSA) is 105 Å². The molecule has 0 radical (unpaired) electrons. The summed E-state index contributed by atoms with van der Waals surface area (Å²) in [5, 5.41) is 13.1. The lowest BCUT2D eigenvalue weighted by molar-refractivity contribution is 0.0696. The first-order valence-corrected chi connectivity index (χ1v) is 6.83. The molecule has 2 aromatic carbocycles. The normalized spacial score (nSPS) is 10.4. The van der Waals surface area contributed by atoms with Gasteiger partial charge in [-0.05, 0) is 47.9 Å². The van der Waals surface area contributed by atoms with Crippen LogP contribution in [0.1, 0.15) is 20.8 Å². The zero-order valence-corrected chi connectivity index (χ0v) is 12.0. The molecular formula is C17H13N3O3. The van der Waals surface area contributed by atoms with Crippen LogP contribution < -0.4 is 11.1 Å². The lowest BCUT2D eigenvalue weighted by atomic mass is 10.1. The Labute approximate surface area is 131 Å². The number of fused-ring (bicyclic) bond motifs is 1. The summed E-state index contributed by atoms with van der Waals surface area (Å²) in [6.07, 6.45) is 1.56. The van der Waals surface area contributed by atoms with Gasteiger partial charge < -0.3 is 16.2 Å². The summed E-state index contributed by atoms with van der Waals surface area (Å²) in [6.45, 7) is 0. The van der Waals surface area contributed by atoms with Crippen LogP contribution in [0.4, 0.5) is 11.4 Å². The largest absolute Gasteiger partial charge is 0.478 e. The van der Waals surface area contributed by atoms with Gasteiger partial charge >= 0.3 is 5.97 Å². The summed E-state index contributed by atoms with van der Waals surface area (Å²) in [6, 6.07) is 13.0. The van der Waals surface area contributed by atoms with Crippen molar-refractivity contribution < 1.29 is 14.7 Å². The molecule has 6 nitrogen and oxygen atoms in total. The highest BCUT2D eigenvalue weighted by molar-refractivity contribution is 6.11. The Morgan fingerprint density at radius 2 is 1.78 bits per heavy atom. The van der Waals surface area contributed by atoms with E-state index in [4.69, 9.17) is 10.8 Å². The third-order valence-corrected chi connectivity index (χ3v) is 3.39. The van der Waals surface area contributed by atoms with Gasteiger partial charge in [0.25, 0.3) is 5.91 Å². The van der Waals surface area contributed by atoms with Crippen molar-refractivity contribution in [2.45, 2.75) is 0 Å². The third kappa shape index (κ3) is 2.96. The van der Waals surface area contributed by atoms with Crippen LogP contribution >= 0.6 is 0 Å². The summed E-state index contributed by atoms with van der Waals surface area (Å²) in [5.74, 6) is -1.40. The quantitative estimate of drug-likeness (QED) is 0.645. The standard InChI is InChI=1S/C17H13N3O3/c18-12-4-1-10-7-8-19-15(14(10)9-12)16(21)20-13-5-2-11(3-6-13)17(22)23/h1-9H,18H2,(H,20,21)(H,22,23). The van der Waals surface area contributed by atoms with Gasteiger partial charge in [0.15, 0.2) is 0 Å². The summed E-state index contributed by atoms with van der Waals surface area (Å²) >= 11 is 0. The first-order valence-electron chi connectivity index (χ1n) is 6.83. The van der Waals surface area contributed by atoms with E-state index in [1.807, 2.05) is 6.07 Å². The summed E-state index contributed by atoms with van der Waals surface area (Å²) in [4.78, 5) is 27.4. The molecule has 0 unspecified atom stereocenters. The fourth-order valence-electron chi connectivity index (χ4n) is 2.25. The average Bonchev–Trinajstić information content (AvgIpc) is 2.54. The number of carboxylic acid groups (broad SMARTS) is 1. The predicted molar refractivity (Wildman–Crippen MR) is 87.5 cm³/mol. The van der Waals surface area contributed by atoms with Gasteiger partial charge in [-0.3, -0.25) is 9.78 Å². The van der Waals surface area contributed by atoms with Crippen molar-refractivity contribution in [3.05, 3.63) is 66.0 Å². The van der Waals surface area contributed by atoms with E-state index in [1.165, 1.54) is 24.3 Å². The van der Waals surface area contributed by atoms with Crippen molar-refractivity contribution in [3.8, 4) is 0 Å². The van der Waals surface area contributed by atoms with E-state index in [0.29, 0.717) is 16.8 Å². The Bertz CT molecular complexity index is 905. The number of nitrogens with one attached hydrogen (secondary N) is 1. The number of aromatic carboxylic acids is 1. The van der Waals surface area contributed by atoms with Crippen LogP contribution in [0.15, 0.2) is 54.7 Å². The average molecular weight is 307 g/mol. The van der Waals surface area contributed by atoms with Gasteiger partial charge in [-0.1, -0.05) is 6.07 Å². The van der Waals surface area contributed by atoms with E-state index >= 15 is 0 Å². The minimum Gasteiger partial charge on any atom is -0.478 e. The van der Waals surface area contributed by atoms with Crippen LogP contribution in [0.5, 0.6) is 0 Å². The molecule has 0 saturated heterocycles. The van der Waals surface area contributed by atoms with Gasteiger partial charge in [0, 0.05) is 23.0 Å². The monoisotopic (exact) mass is 307 g/mol. The number of nitrogens with two attached hydrogens (primary N) is 1. The second kappa shape index (κ2) is 5.76. The number of anilines is 2. The molecule has 0 aliphatic carbocycles. The van der Waals surface area contributed by atoms with Crippen LogP contribution in [0.25, 0.3) is 10.8 Å². The van der Waals surface area contributed by atoms with Gasteiger partial charge in [0.2, 0.25) is 0 Å². The Kier molecular flexibility index (Phi) is 3.64. The molecule has 1 heterocycles. The smallest absolute Gasteiger partial charge is 0.335 e. The van der Waals surface area contributed by atoms with Crippen molar-refractivity contribution in [2.75, 3.05) is 11.1 Å². The van der Waals surface area contributed by atoms with E-state index < -0.39 is 5.97 Å². The van der Waals surface area contributed by atoms with E-state index in [-0.39, 0.29) is 17.2 Å². The summed E-state index contributed by atoms with van der Waals surface area (Å²) in [5.41, 5.74) is 7.22. The number of pyridine rings is 1. The molecule has 0 aliphatic rings. The Hall–Kier alpha value is -3.41. The van der Waals surface area contributed by atoms with E-state index in [2.05, 4.69) is 10.3 Å². The summed E-state index contributed by atoms with van der Waals surface area (Å²) in [7, 11) is 0. The van der Waals surface area contributed by atoms with Gasteiger partial charge in [0.1, 0.15) is 5.69 Å². The molecule has 0 saturated carbocycles. The predicted octanol–water partition coefficient (Wildman–Crippen LogP) is 2.77. The number of carboxylic acids is 1. The minimum atomic E-state index is -1.02. The lowest BCUT2D eigenvalue weighted by Gasteiger charge is -2.08. The van der Waals surface area contributed by atoms with Crippen molar-refractivity contribution in [2.24, 2.45) is 0 Å². The molecule has 1 amide bonds. The molecule has 114 valence electrons. The van der Waals surface area contributed by atoms with Crippen molar-refractivity contribution in [1.82, 2.24) is 4.98 Å². The second-order valence-corrected chi connectivity index (χ2v) is 4.98. The maximum absolute atomic E-state index is 12.4. The van der Waals surface area contributed by atoms with Crippen LogP contribution in [0.3, 0.4) is 0 Å². The molecule has 4 N–H and O–H groups in total. The molecular weight excluding hydrogens is 294 g/mol. The van der Waals surface area contributed by atoms with E-state index in [0.717, 1.165) is 5.39 Å². The van der Waals surface area contributed by atoms with Gasteiger partial charge in [-0.2, -0.15) is 0 Å². The molecule has 0 spiro atoms. The lowest BCUT2D eigenvalue weighted by Crippen LogP contribution is -2.14. The van der Waals surface area contributed by atoms with Crippen molar-refractivity contribution in [3.63, 3.8) is 0 Å². The highest BCUT2D eigenvalue weighted by Gasteiger charge is 2.12. The zero-order chi connectivity index (χ0) is 16.4. The molecule has 3 rings (SSSR count). The van der Waals surface area contributed by atoms with Crippen LogP contribution in [-0.2, 0) is 0 Å². The number of carbonyl (C=O) groups is 2. The molecule has 3 aromatic rings. The van der Waals surface area contributed by atoms with Crippen molar-refractivity contribution in [1.29, 1.82) is 0 Å². The molecule has 0 fully saturated rings.